The summed E-state index contributed by atoms with van der Waals surface area (Å²) in [7, 11) is 2.04. The molecule has 2 atom stereocenters. The molecule has 0 radical (unpaired) electrons. The zero-order valence-corrected chi connectivity index (χ0v) is 7.69. The van der Waals surface area contributed by atoms with Crippen LogP contribution < -0.4 is 10.6 Å². The van der Waals surface area contributed by atoms with Crippen molar-refractivity contribution in [3.05, 3.63) is 0 Å². The minimum atomic E-state index is 0.619. The Bertz CT molecular complexity index is 95.7. The molecule has 1 heterocycles. The van der Waals surface area contributed by atoms with Crippen LogP contribution in [0.4, 0.5) is 0 Å². The van der Waals surface area contributed by atoms with E-state index in [9.17, 15) is 0 Å². The van der Waals surface area contributed by atoms with Crippen LogP contribution in [0.25, 0.3) is 0 Å². The minimum absolute atomic E-state index is 0.619. The third kappa shape index (κ3) is 2.80. The summed E-state index contributed by atoms with van der Waals surface area (Å²) >= 11 is 0. The number of likely N-dealkylation sites (N-methyl/N-ethyl adjacent to an activating group) is 1. The molecule has 0 aromatic rings. The molecule has 1 rings (SSSR count). The number of hydrogen-bond donors (Lipinski definition) is 2. The van der Waals surface area contributed by atoms with Gasteiger partial charge < -0.3 is 10.6 Å². The SMILES string of the molecule is CNC(C)C1CCCCCN1. The fourth-order valence-corrected chi connectivity index (χ4v) is 1.68. The Hall–Kier alpha value is -0.0800. The molecular formula is C9H20N2. The van der Waals surface area contributed by atoms with Crippen LogP contribution in [0, 0.1) is 0 Å². The van der Waals surface area contributed by atoms with Gasteiger partial charge in [0.1, 0.15) is 0 Å². The molecular weight excluding hydrogens is 136 g/mol. The molecule has 0 amide bonds. The van der Waals surface area contributed by atoms with E-state index >= 15 is 0 Å². The highest BCUT2D eigenvalue weighted by Crippen LogP contribution is 2.10. The maximum Gasteiger partial charge on any atom is 0.0218 e. The highest BCUT2D eigenvalue weighted by Gasteiger charge is 2.15. The highest BCUT2D eigenvalue weighted by atomic mass is 15.0. The second kappa shape index (κ2) is 4.73. The molecule has 2 N–H and O–H groups in total. The zero-order chi connectivity index (χ0) is 8.10. The molecule has 2 nitrogen and oxygen atoms in total. The predicted molar refractivity (Wildman–Crippen MR) is 48.8 cm³/mol. The topological polar surface area (TPSA) is 24.1 Å². The van der Waals surface area contributed by atoms with Gasteiger partial charge in [-0.15, -0.1) is 0 Å². The second-order valence-electron chi connectivity index (χ2n) is 3.49. The average Bonchev–Trinajstić information content (AvgIpc) is 2.30. The van der Waals surface area contributed by atoms with E-state index in [1.807, 2.05) is 7.05 Å². The molecule has 0 bridgehead atoms. The van der Waals surface area contributed by atoms with Crippen molar-refractivity contribution in [3.63, 3.8) is 0 Å². The molecule has 1 aliphatic rings. The van der Waals surface area contributed by atoms with Crippen molar-refractivity contribution in [2.45, 2.75) is 44.7 Å². The molecule has 11 heavy (non-hydrogen) atoms. The van der Waals surface area contributed by atoms with E-state index in [2.05, 4.69) is 17.6 Å². The van der Waals surface area contributed by atoms with Crippen molar-refractivity contribution in [1.82, 2.24) is 10.6 Å². The van der Waals surface area contributed by atoms with E-state index in [4.69, 9.17) is 0 Å². The van der Waals surface area contributed by atoms with E-state index in [1.54, 1.807) is 0 Å². The van der Waals surface area contributed by atoms with Gasteiger partial charge in [0.05, 0.1) is 0 Å². The number of nitrogens with one attached hydrogen (secondary N) is 2. The lowest BCUT2D eigenvalue weighted by molar-refractivity contribution is 0.402. The summed E-state index contributed by atoms with van der Waals surface area (Å²) in [5, 5.41) is 6.87. The van der Waals surface area contributed by atoms with E-state index in [-0.39, 0.29) is 0 Å². The van der Waals surface area contributed by atoms with E-state index in [0.29, 0.717) is 12.1 Å². The lowest BCUT2D eigenvalue weighted by Gasteiger charge is -2.22. The molecule has 66 valence electrons. The molecule has 2 heteroatoms. The monoisotopic (exact) mass is 156 g/mol. The van der Waals surface area contributed by atoms with Crippen LogP contribution in [0.5, 0.6) is 0 Å². The fourth-order valence-electron chi connectivity index (χ4n) is 1.68. The van der Waals surface area contributed by atoms with Crippen LogP contribution >= 0.6 is 0 Å². The maximum absolute atomic E-state index is 3.57. The largest absolute Gasteiger partial charge is 0.316 e. The second-order valence-corrected chi connectivity index (χ2v) is 3.49. The Morgan fingerprint density at radius 1 is 1.36 bits per heavy atom. The summed E-state index contributed by atoms with van der Waals surface area (Å²) in [5.41, 5.74) is 0. The van der Waals surface area contributed by atoms with Crippen LogP contribution in [0.15, 0.2) is 0 Å². The molecule has 2 unspecified atom stereocenters. The standard InChI is InChI=1S/C9H20N2/c1-8(10-2)9-6-4-3-5-7-11-9/h8-11H,3-7H2,1-2H3. The van der Waals surface area contributed by atoms with Gasteiger partial charge in [-0.2, -0.15) is 0 Å². The van der Waals surface area contributed by atoms with Crippen molar-refractivity contribution in [3.8, 4) is 0 Å². The number of hydrogen-bond acceptors (Lipinski definition) is 2. The molecule has 1 fully saturated rings. The summed E-state index contributed by atoms with van der Waals surface area (Å²) in [5.74, 6) is 0. The zero-order valence-electron chi connectivity index (χ0n) is 7.69. The summed E-state index contributed by atoms with van der Waals surface area (Å²) in [6.07, 6.45) is 5.48. The van der Waals surface area contributed by atoms with Gasteiger partial charge in [-0.25, -0.2) is 0 Å². The van der Waals surface area contributed by atoms with Gasteiger partial charge in [-0.1, -0.05) is 12.8 Å². The first-order valence-corrected chi connectivity index (χ1v) is 4.75. The molecule has 1 saturated heterocycles. The third-order valence-corrected chi connectivity index (χ3v) is 2.66. The normalized spacial score (nSPS) is 29.5. The first kappa shape index (κ1) is 9.01. The quantitative estimate of drug-likeness (QED) is 0.626. The van der Waals surface area contributed by atoms with Gasteiger partial charge in [-0.3, -0.25) is 0 Å². The first-order valence-electron chi connectivity index (χ1n) is 4.75. The predicted octanol–water partition coefficient (Wildman–Crippen LogP) is 1.13. The van der Waals surface area contributed by atoms with Crippen LogP contribution in [0.1, 0.15) is 32.6 Å². The van der Waals surface area contributed by atoms with Gasteiger partial charge in [0, 0.05) is 12.1 Å². The van der Waals surface area contributed by atoms with Gasteiger partial charge in [0.15, 0.2) is 0 Å². The Morgan fingerprint density at radius 2 is 2.18 bits per heavy atom. The van der Waals surface area contributed by atoms with E-state index < -0.39 is 0 Å². The van der Waals surface area contributed by atoms with Crippen LogP contribution in [-0.2, 0) is 0 Å². The van der Waals surface area contributed by atoms with Crippen LogP contribution in [-0.4, -0.2) is 25.7 Å². The third-order valence-electron chi connectivity index (χ3n) is 2.66. The van der Waals surface area contributed by atoms with Crippen molar-refractivity contribution >= 4 is 0 Å². The number of rotatable bonds is 2. The molecule has 0 aromatic carbocycles. The molecule has 0 saturated carbocycles. The summed E-state index contributed by atoms with van der Waals surface area (Å²) < 4.78 is 0. The van der Waals surface area contributed by atoms with Crippen LogP contribution in [0.3, 0.4) is 0 Å². The van der Waals surface area contributed by atoms with Crippen molar-refractivity contribution < 1.29 is 0 Å². The van der Waals surface area contributed by atoms with Crippen LogP contribution in [0.2, 0.25) is 0 Å². The average molecular weight is 156 g/mol. The summed E-state index contributed by atoms with van der Waals surface area (Å²) in [4.78, 5) is 0. The van der Waals surface area contributed by atoms with E-state index in [0.717, 1.165) is 0 Å². The Balaban J connectivity index is 2.30. The molecule has 0 aliphatic carbocycles. The Kier molecular flexibility index (Phi) is 3.87. The molecule has 1 aliphatic heterocycles. The minimum Gasteiger partial charge on any atom is -0.316 e. The van der Waals surface area contributed by atoms with Gasteiger partial charge in [0.25, 0.3) is 0 Å². The van der Waals surface area contributed by atoms with E-state index in [1.165, 1.54) is 32.2 Å². The Labute approximate surface area is 69.8 Å². The first-order chi connectivity index (χ1) is 5.34. The lowest BCUT2D eigenvalue weighted by Crippen LogP contribution is -2.44. The smallest absolute Gasteiger partial charge is 0.0218 e. The lowest BCUT2D eigenvalue weighted by atomic mass is 10.0. The maximum atomic E-state index is 3.57. The van der Waals surface area contributed by atoms with Gasteiger partial charge in [-0.05, 0) is 33.4 Å². The van der Waals surface area contributed by atoms with Gasteiger partial charge >= 0.3 is 0 Å². The summed E-state index contributed by atoms with van der Waals surface area (Å²) in [6, 6.07) is 1.32. The van der Waals surface area contributed by atoms with Crippen molar-refractivity contribution in [1.29, 1.82) is 0 Å². The van der Waals surface area contributed by atoms with Gasteiger partial charge in [0.2, 0.25) is 0 Å². The van der Waals surface area contributed by atoms with Crippen molar-refractivity contribution in [2.24, 2.45) is 0 Å². The van der Waals surface area contributed by atoms with Crippen molar-refractivity contribution in [2.75, 3.05) is 13.6 Å². The highest BCUT2D eigenvalue weighted by molar-refractivity contribution is 4.79. The Morgan fingerprint density at radius 3 is 2.91 bits per heavy atom. The fraction of sp³-hybridized carbons (Fsp3) is 1.00. The summed E-state index contributed by atoms with van der Waals surface area (Å²) in [6.45, 7) is 3.46. The molecule has 0 spiro atoms. The molecule has 0 aromatic heterocycles.